The molecule has 0 saturated carbocycles. The third kappa shape index (κ3) is 3.32. The first-order valence-electron chi connectivity index (χ1n) is 16.0. The van der Waals surface area contributed by atoms with Gasteiger partial charge in [0.05, 0.1) is 22.1 Å². The quantitative estimate of drug-likeness (QED) is 0.185. The second kappa shape index (κ2) is 9.18. The SMILES string of the molecule is c1ccc(-n2c3ccccc3c3c2ccc2c4ccccc4n(-c4cc5c6c(c4)-c4ccccc4OB6Oc4ccccc4-5)c23)cc1. The van der Waals surface area contributed by atoms with E-state index in [1.54, 1.807) is 0 Å². The largest absolute Gasteiger partial charge is 0.633 e. The van der Waals surface area contributed by atoms with Gasteiger partial charge in [0.15, 0.2) is 0 Å². The van der Waals surface area contributed by atoms with E-state index in [-0.39, 0.29) is 0 Å². The molecule has 0 spiro atoms. The van der Waals surface area contributed by atoms with Crippen LogP contribution in [-0.4, -0.2) is 16.3 Å². The summed E-state index contributed by atoms with van der Waals surface area (Å²) in [5, 5.41) is 4.95. The first kappa shape index (κ1) is 25.0. The molecule has 11 rings (SSSR count). The molecule has 5 heteroatoms. The maximum atomic E-state index is 6.49. The summed E-state index contributed by atoms with van der Waals surface area (Å²) in [5.74, 6) is 1.67. The summed E-state index contributed by atoms with van der Waals surface area (Å²) in [7, 11) is -0.507. The lowest BCUT2D eigenvalue weighted by atomic mass is 9.66. The summed E-state index contributed by atoms with van der Waals surface area (Å²) in [5.41, 5.74) is 12.6. The van der Waals surface area contributed by atoms with Crippen molar-refractivity contribution in [1.29, 1.82) is 0 Å². The van der Waals surface area contributed by atoms with Crippen LogP contribution < -0.4 is 14.8 Å². The topological polar surface area (TPSA) is 28.3 Å². The van der Waals surface area contributed by atoms with Crippen LogP contribution in [0.3, 0.4) is 0 Å². The molecule has 0 saturated heterocycles. The summed E-state index contributed by atoms with van der Waals surface area (Å²) < 4.78 is 17.9. The van der Waals surface area contributed by atoms with Crippen LogP contribution in [0.1, 0.15) is 0 Å². The van der Waals surface area contributed by atoms with Crippen molar-refractivity contribution in [3.05, 3.63) is 152 Å². The van der Waals surface area contributed by atoms with Gasteiger partial charge < -0.3 is 18.4 Å². The summed E-state index contributed by atoms with van der Waals surface area (Å²) >= 11 is 0. The van der Waals surface area contributed by atoms with E-state index >= 15 is 0 Å². The lowest BCUT2D eigenvalue weighted by Gasteiger charge is -2.32. The van der Waals surface area contributed by atoms with E-state index < -0.39 is 7.12 Å². The number of hydrogen-bond donors (Lipinski definition) is 0. The molecule has 47 heavy (non-hydrogen) atoms. The molecule has 2 aromatic heterocycles. The minimum absolute atomic E-state index is 0.507. The number of fused-ring (bicyclic) bond motifs is 11. The van der Waals surface area contributed by atoms with E-state index in [0.29, 0.717) is 0 Å². The molecule has 4 nitrogen and oxygen atoms in total. The van der Waals surface area contributed by atoms with E-state index in [1.807, 2.05) is 24.3 Å². The van der Waals surface area contributed by atoms with Crippen LogP contribution in [0, 0.1) is 0 Å². The molecule has 0 fully saturated rings. The molecule has 0 N–H and O–H groups in total. The molecule has 0 amide bonds. The van der Waals surface area contributed by atoms with Gasteiger partial charge in [-0.05, 0) is 65.7 Å². The van der Waals surface area contributed by atoms with Gasteiger partial charge >= 0.3 is 7.12 Å². The van der Waals surface area contributed by atoms with Crippen LogP contribution in [0.2, 0.25) is 0 Å². The monoisotopic (exact) mass is 600 g/mol. The van der Waals surface area contributed by atoms with E-state index in [2.05, 4.69) is 137 Å². The summed E-state index contributed by atoms with van der Waals surface area (Å²) in [4.78, 5) is 0. The minimum Gasteiger partial charge on any atom is -0.521 e. The lowest BCUT2D eigenvalue weighted by Crippen LogP contribution is -2.49. The molecule has 0 bridgehead atoms. The Balaban J connectivity index is 1.32. The Labute approximate surface area is 270 Å². The van der Waals surface area contributed by atoms with Gasteiger partial charge in [0.2, 0.25) is 0 Å². The zero-order chi connectivity index (χ0) is 30.6. The van der Waals surface area contributed by atoms with Crippen LogP contribution in [0.25, 0.3) is 77.2 Å². The second-order valence-electron chi connectivity index (χ2n) is 12.4. The number of nitrogens with zero attached hydrogens (tertiary/aromatic N) is 2. The van der Waals surface area contributed by atoms with Gasteiger partial charge in [0.1, 0.15) is 11.5 Å². The highest BCUT2D eigenvalue weighted by Crippen LogP contribution is 2.46. The fraction of sp³-hybridized carbons (Fsp3) is 0. The molecular weight excluding hydrogens is 575 g/mol. The van der Waals surface area contributed by atoms with E-state index in [9.17, 15) is 0 Å². The maximum absolute atomic E-state index is 6.49. The van der Waals surface area contributed by atoms with Crippen LogP contribution in [0.15, 0.2) is 152 Å². The van der Waals surface area contributed by atoms with Crippen molar-refractivity contribution in [2.75, 3.05) is 0 Å². The normalized spacial score (nSPS) is 13.0. The first-order chi connectivity index (χ1) is 23.3. The smallest absolute Gasteiger partial charge is 0.521 e. The third-order valence-electron chi connectivity index (χ3n) is 9.97. The second-order valence-corrected chi connectivity index (χ2v) is 12.4. The number of benzene rings is 7. The molecule has 218 valence electrons. The Bertz CT molecular complexity index is 2690. The van der Waals surface area contributed by atoms with Crippen LogP contribution in [0.4, 0.5) is 0 Å². The van der Waals surface area contributed by atoms with Crippen molar-refractivity contribution in [2.24, 2.45) is 0 Å². The molecule has 9 aromatic rings. The maximum Gasteiger partial charge on any atom is 0.633 e. The van der Waals surface area contributed by atoms with Crippen molar-refractivity contribution in [3.63, 3.8) is 0 Å². The molecule has 0 radical (unpaired) electrons. The average Bonchev–Trinajstić information content (AvgIpc) is 3.65. The third-order valence-corrected chi connectivity index (χ3v) is 9.97. The Hall–Kier alpha value is -6.20. The van der Waals surface area contributed by atoms with Gasteiger partial charge in [-0.2, -0.15) is 0 Å². The predicted molar refractivity (Wildman–Crippen MR) is 193 cm³/mol. The van der Waals surface area contributed by atoms with Crippen molar-refractivity contribution in [3.8, 4) is 45.1 Å². The highest BCUT2D eigenvalue weighted by atomic mass is 16.6. The molecule has 0 aliphatic carbocycles. The summed E-state index contributed by atoms with van der Waals surface area (Å²) in [6.45, 7) is 0. The average molecular weight is 600 g/mol. The van der Waals surface area contributed by atoms with E-state index in [4.69, 9.17) is 9.31 Å². The minimum atomic E-state index is -0.507. The standard InChI is InChI=1S/C42H25BN2O2/c1-2-12-26(13-3-1)44-36-19-9-5-17-32(36)40-37(44)23-22-31-28-14-4-8-18-35(28)45(42(31)40)27-24-33-29-15-6-10-20-38(29)46-43-41(33)34(25-27)30-16-7-11-21-39(30)47-43/h1-25H. The molecule has 7 aromatic carbocycles. The molecule has 0 unspecified atom stereocenters. The fourth-order valence-electron chi connectivity index (χ4n) is 8.06. The van der Waals surface area contributed by atoms with Crippen molar-refractivity contribution in [1.82, 2.24) is 9.13 Å². The molecule has 2 aliphatic rings. The van der Waals surface area contributed by atoms with Crippen LogP contribution in [0.5, 0.6) is 11.5 Å². The van der Waals surface area contributed by atoms with E-state index in [0.717, 1.165) is 50.6 Å². The Kier molecular flexibility index (Phi) is 4.89. The first-order valence-corrected chi connectivity index (χ1v) is 16.0. The van der Waals surface area contributed by atoms with Gasteiger partial charge in [-0.15, -0.1) is 0 Å². The number of hydrogen-bond acceptors (Lipinski definition) is 2. The van der Waals surface area contributed by atoms with Crippen LogP contribution >= 0.6 is 0 Å². The Morgan fingerprint density at radius 2 is 0.979 bits per heavy atom. The lowest BCUT2D eigenvalue weighted by molar-refractivity contribution is 0.436. The number of rotatable bonds is 2. The zero-order valence-corrected chi connectivity index (χ0v) is 25.2. The number of aromatic nitrogens is 2. The van der Waals surface area contributed by atoms with Crippen molar-refractivity contribution in [2.45, 2.75) is 0 Å². The predicted octanol–water partition coefficient (Wildman–Crippen LogP) is 9.69. The fourth-order valence-corrected chi connectivity index (χ4v) is 8.06. The summed E-state index contributed by atoms with van der Waals surface area (Å²) in [6.07, 6.45) is 0. The molecule has 2 aliphatic heterocycles. The van der Waals surface area contributed by atoms with Gasteiger partial charge in [0.25, 0.3) is 0 Å². The van der Waals surface area contributed by atoms with Gasteiger partial charge in [-0.3, -0.25) is 0 Å². The molecule has 0 atom stereocenters. The van der Waals surface area contributed by atoms with Crippen molar-refractivity contribution < 1.29 is 9.31 Å². The summed E-state index contributed by atoms with van der Waals surface area (Å²) in [6, 6.07) is 54.1. The van der Waals surface area contributed by atoms with Gasteiger partial charge in [-0.25, -0.2) is 0 Å². The Morgan fingerprint density at radius 3 is 1.68 bits per heavy atom. The zero-order valence-electron chi connectivity index (χ0n) is 25.2. The van der Waals surface area contributed by atoms with Crippen LogP contribution in [-0.2, 0) is 0 Å². The highest BCUT2D eigenvalue weighted by molar-refractivity contribution is 6.68. The van der Waals surface area contributed by atoms with Gasteiger partial charge in [0, 0.05) is 49.5 Å². The Morgan fingerprint density at radius 1 is 0.404 bits per heavy atom. The number of para-hydroxylation sites is 5. The molecular formula is C42H25BN2O2. The van der Waals surface area contributed by atoms with Crippen molar-refractivity contribution >= 4 is 56.2 Å². The highest BCUT2D eigenvalue weighted by Gasteiger charge is 2.42. The van der Waals surface area contributed by atoms with Gasteiger partial charge in [-0.1, -0.05) is 97.1 Å². The van der Waals surface area contributed by atoms with E-state index in [1.165, 1.54) is 43.6 Å². The molecule has 4 heterocycles.